The fourth-order valence-corrected chi connectivity index (χ4v) is 7.35. The van der Waals surface area contributed by atoms with E-state index in [1.54, 1.807) is 0 Å². The number of carbonyl (C=O) groups is 2. The average Bonchev–Trinajstić information content (AvgIpc) is 2.85. The van der Waals surface area contributed by atoms with Crippen molar-refractivity contribution in [2.24, 2.45) is 17.8 Å². The van der Waals surface area contributed by atoms with E-state index in [1.165, 1.54) is 19.3 Å². The molecule has 2 atom stereocenters. The lowest BCUT2D eigenvalue weighted by molar-refractivity contribution is -0.133. The maximum atomic E-state index is 12.7. The summed E-state index contributed by atoms with van der Waals surface area (Å²) in [6.07, 6.45) is 11.4. The highest BCUT2D eigenvalue weighted by Gasteiger charge is 2.51. The standard InChI is InChI=1S/C21H34N4O2.ClH/c26-19(25-17-1-2-18(25)13-22-5-3-17)4-6-23-20(27)24-21-10-14-7-15(11-21)9-16(8-14)12-21;/h14-18,22H,1-13H2,(H2,23,24,27);1H. The largest absolute Gasteiger partial charge is 0.338 e. The number of urea groups is 1. The van der Waals surface area contributed by atoms with Crippen molar-refractivity contribution >= 4 is 24.3 Å². The lowest BCUT2D eigenvalue weighted by atomic mass is 9.53. The maximum absolute atomic E-state index is 12.7. The highest BCUT2D eigenvalue weighted by Crippen LogP contribution is 2.55. The molecule has 0 aromatic rings. The molecule has 6 rings (SSSR count). The molecule has 0 spiro atoms. The number of nitrogens with zero attached hydrogens (tertiary/aromatic N) is 1. The van der Waals surface area contributed by atoms with Crippen molar-refractivity contribution in [1.82, 2.24) is 20.9 Å². The molecule has 7 heteroatoms. The molecule has 4 aliphatic carbocycles. The van der Waals surface area contributed by atoms with Gasteiger partial charge in [0.1, 0.15) is 0 Å². The molecule has 2 heterocycles. The first-order valence-electron chi connectivity index (χ1n) is 11.2. The average molecular weight is 411 g/mol. The van der Waals surface area contributed by atoms with Crippen LogP contribution in [0.5, 0.6) is 0 Å². The minimum atomic E-state index is -0.0646. The van der Waals surface area contributed by atoms with E-state index >= 15 is 0 Å². The molecule has 28 heavy (non-hydrogen) atoms. The number of amides is 3. The summed E-state index contributed by atoms with van der Waals surface area (Å²) < 4.78 is 0. The van der Waals surface area contributed by atoms with Gasteiger partial charge in [0.15, 0.2) is 0 Å². The first kappa shape index (κ1) is 20.3. The number of fused-ring (bicyclic) bond motifs is 2. The second kappa shape index (κ2) is 8.02. The van der Waals surface area contributed by atoms with Crippen molar-refractivity contribution in [3.63, 3.8) is 0 Å². The van der Waals surface area contributed by atoms with Gasteiger partial charge in [-0.3, -0.25) is 4.79 Å². The first-order valence-corrected chi connectivity index (χ1v) is 11.2. The summed E-state index contributed by atoms with van der Waals surface area (Å²) in [4.78, 5) is 27.4. The lowest BCUT2D eigenvalue weighted by Crippen LogP contribution is -2.61. The summed E-state index contributed by atoms with van der Waals surface area (Å²) in [5.74, 6) is 2.68. The normalized spacial score (nSPS) is 40.6. The van der Waals surface area contributed by atoms with Gasteiger partial charge in [-0.1, -0.05) is 0 Å². The third-order valence-corrected chi connectivity index (χ3v) is 7.98. The number of hydrogen-bond donors (Lipinski definition) is 3. The third kappa shape index (κ3) is 3.87. The Morgan fingerprint density at radius 2 is 1.61 bits per heavy atom. The van der Waals surface area contributed by atoms with Gasteiger partial charge in [0.2, 0.25) is 5.91 Å². The second-order valence-corrected chi connectivity index (χ2v) is 10.0. The number of hydrogen-bond acceptors (Lipinski definition) is 3. The zero-order chi connectivity index (χ0) is 18.4. The molecule has 2 unspecified atom stereocenters. The molecule has 0 radical (unpaired) electrons. The van der Waals surface area contributed by atoms with Crippen LogP contribution in [0.25, 0.3) is 0 Å². The smallest absolute Gasteiger partial charge is 0.315 e. The Hall–Kier alpha value is -1.01. The van der Waals surface area contributed by atoms with E-state index in [9.17, 15) is 9.59 Å². The van der Waals surface area contributed by atoms with Crippen molar-refractivity contribution < 1.29 is 9.59 Å². The number of carbonyl (C=O) groups excluding carboxylic acids is 2. The Morgan fingerprint density at radius 1 is 0.964 bits per heavy atom. The maximum Gasteiger partial charge on any atom is 0.315 e. The summed E-state index contributed by atoms with van der Waals surface area (Å²) in [5.41, 5.74) is 0.0401. The van der Waals surface area contributed by atoms with Crippen molar-refractivity contribution in [2.75, 3.05) is 19.6 Å². The Labute approximate surface area is 174 Å². The lowest BCUT2D eigenvalue weighted by Gasteiger charge is -2.56. The fraction of sp³-hybridized carbons (Fsp3) is 0.905. The van der Waals surface area contributed by atoms with Crippen molar-refractivity contribution in [1.29, 1.82) is 0 Å². The van der Waals surface area contributed by atoms with Crippen LogP contribution < -0.4 is 16.0 Å². The Morgan fingerprint density at radius 3 is 2.29 bits per heavy atom. The summed E-state index contributed by atoms with van der Waals surface area (Å²) >= 11 is 0. The van der Waals surface area contributed by atoms with Crippen LogP contribution in [0.4, 0.5) is 4.79 Å². The molecule has 6 aliphatic rings. The van der Waals surface area contributed by atoms with Crippen LogP contribution in [0.15, 0.2) is 0 Å². The molecule has 158 valence electrons. The van der Waals surface area contributed by atoms with Gasteiger partial charge in [0.05, 0.1) is 0 Å². The molecule has 3 N–H and O–H groups in total. The van der Waals surface area contributed by atoms with E-state index in [2.05, 4.69) is 20.9 Å². The molecule has 2 aliphatic heterocycles. The van der Waals surface area contributed by atoms with Gasteiger partial charge in [-0.05, 0) is 82.1 Å². The molecule has 0 aromatic carbocycles. The molecule has 4 saturated carbocycles. The predicted octanol–water partition coefficient (Wildman–Crippen LogP) is 2.42. The van der Waals surface area contributed by atoms with E-state index in [0.29, 0.717) is 25.0 Å². The zero-order valence-corrected chi connectivity index (χ0v) is 17.6. The van der Waals surface area contributed by atoms with Gasteiger partial charge >= 0.3 is 6.03 Å². The molecular weight excluding hydrogens is 376 g/mol. The van der Waals surface area contributed by atoms with Crippen LogP contribution in [-0.2, 0) is 4.79 Å². The van der Waals surface area contributed by atoms with Crippen molar-refractivity contribution in [2.45, 2.75) is 81.8 Å². The third-order valence-electron chi connectivity index (χ3n) is 7.98. The van der Waals surface area contributed by atoms with Gasteiger partial charge in [-0.15, -0.1) is 12.4 Å². The zero-order valence-electron chi connectivity index (χ0n) is 16.8. The van der Waals surface area contributed by atoms with Gasteiger partial charge in [0.25, 0.3) is 0 Å². The van der Waals surface area contributed by atoms with E-state index in [4.69, 9.17) is 0 Å². The van der Waals surface area contributed by atoms with Crippen molar-refractivity contribution in [3.05, 3.63) is 0 Å². The first-order chi connectivity index (χ1) is 13.1. The fourth-order valence-electron chi connectivity index (χ4n) is 7.35. The number of halogens is 1. The Kier molecular flexibility index (Phi) is 5.81. The minimum absolute atomic E-state index is 0. The predicted molar refractivity (Wildman–Crippen MR) is 110 cm³/mol. The van der Waals surface area contributed by atoms with E-state index in [0.717, 1.165) is 69.4 Å². The van der Waals surface area contributed by atoms with Crippen LogP contribution in [-0.4, -0.2) is 54.1 Å². The van der Waals surface area contributed by atoms with E-state index in [1.807, 2.05) is 0 Å². The van der Waals surface area contributed by atoms with Gasteiger partial charge in [0, 0.05) is 37.1 Å². The van der Waals surface area contributed by atoms with Gasteiger partial charge in [-0.25, -0.2) is 4.79 Å². The van der Waals surface area contributed by atoms with Crippen LogP contribution >= 0.6 is 12.4 Å². The molecule has 6 fully saturated rings. The Bertz CT molecular complexity index is 564. The van der Waals surface area contributed by atoms with Crippen LogP contribution in [0.1, 0.15) is 64.2 Å². The second-order valence-electron chi connectivity index (χ2n) is 10.0. The molecule has 6 bridgehead atoms. The summed E-state index contributed by atoms with van der Waals surface area (Å²) in [5, 5.41) is 9.75. The van der Waals surface area contributed by atoms with Crippen molar-refractivity contribution in [3.8, 4) is 0 Å². The SMILES string of the molecule is Cl.O=C(NCCC(=O)N1C2CCNCC1CC2)NC12CC3CC(CC(C3)C1)C2. The molecule has 6 nitrogen and oxygen atoms in total. The van der Waals surface area contributed by atoms with E-state index in [-0.39, 0.29) is 29.9 Å². The summed E-state index contributed by atoms with van der Waals surface area (Å²) in [7, 11) is 0. The Balaban J connectivity index is 0.00000192. The van der Waals surface area contributed by atoms with Crippen LogP contribution in [0.2, 0.25) is 0 Å². The van der Waals surface area contributed by atoms with Gasteiger partial charge in [-0.2, -0.15) is 0 Å². The molecule has 0 aromatic heterocycles. The van der Waals surface area contributed by atoms with Gasteiger partial charge < -0.3 is 20.9 Å². The summed E-state index contributed by atoms with van der Waals surface area (Å²) in [6.45, 7) is 2.37. The van der Waals surface area contributed by atoms with Crippen LogP contribution in [0.3, 0.4) is 0 Å². The monoisotopic (exact) mass is 410 g/mol. The number of nitrogens with one attached hydrogen (secondary N) is 3. The van der Waals surface area contributed by atoms with Crippen LogP contribution in [0, 0.1) is 17.8 Å². The minimum Gasteiger partial charge on any atom is -0.338 e. The highest BCUT2D eigenvalue weighted by molar-refractivity contribution is 5.85. The topological polar surface area (TPSA) is 73.5 Å². The molecule has 2 saturated heterocycles. The quantitative estimate of drug-likeness (QED) is 0.666. The van der Waals surface area contributed by atoms with E-state index < -0.39 is 0 Å². The summed E-state index contributed by atoms with van der Waals surface area (Å²) in [6, 6.07) is 0.689. The molecule has 3 amide bonds. The number of rotatable bonds is 4. The highest BCUT2D eigenvalue weighted by atomic mass is 35.5. The molecular formula is C21H35ClN4O2.